The Morgan fingerprint density at radius 2 is 2.06 bits per heavy atom. The van der Waals surface area contributed by atoms with Crippen LogP contribution in [0.5, 0.6) is 0 Å². The molecule has 0 bridgehead atoms. The summed E-state index contributed by atoms with van der Waals surface area (Å²) in [5.41, 5.74) is 1.62. The Morgan fingerprint density at radius 3 is 2.72 bits per heavy atom. The highest BCUT2D eigenvalue weighted by atomic mass is 32.2. The summed E-state index contributed by atoms with van der Waals surface area (Å²) in [7, 11) is -4.13. The van der Waals surface area contributed by atoms with Crippen LogP contribution in [0.25, 0.3) is 0 Å². The molecule has 2 N–H and O–H groups in total. The van der Waals surface area contributed by atoms with Crippen molar-refractivity contribution in [1.29, 1.82) is 0 Å². The molecule has 1 heterocycles. The molecule has 0 amide bonds. The molecule has 100 valence electrons. The van der Waals surface area contributed by atoms with E-state index in [1.165, 1.54) is 16.9 Å². The zero-order valence-corrected chi connectivity index (χ0v) is 10.0. The molecular formula is C10H11F3N2O2S. The molecule has 0 saturated heterocycles. The second-order valence-electron chi connectivity index (χ2n) is 3.94. The molecule has 4 nitrogen and oxygen atoms in total. The van der Waals surface area contributed by atoms with Crippen molar-refractivity contribution in [3.63, 3.8) is 0 Å². The minimum absolute atomic E-state index is 0.167. The van der Waals surface area contributed by atoms with Crippen molar-refractivity contribution in [2.24, 2.45) is 0 Å². The summed E-state index contributed by atoms with van der Waals surface area (Å²) in [5, 5.41) is 2.97. The van der Waals surface area contributed by atoms with Gasteiger partial charge in [-0.25, -0.2) is 13.1 Å². The van der Waals surface area contributed by atoms with E-state index >= 15 is 0 Å². The fraction of sp³-hybridized carbons (Fsp3) is 0.400. The average Bonchev–Trinajstić information content (AvgIpc) is 2.72. The molecule has 0 atom stereocenters. The van der Waals surface area contributed by atoms with Gasteiger partial charge in [-0.3, -0.25) is 0 Å². The molecule has 1 aliphatic heterocycles. The Bertz CT molecular complexity index is 555. The van der Waals surface area contributed by atoms with Crippen LogP contribution in [0.4, 0.5) is 18.9 Å². The summed E-state index contributed by atoms with van der Waals surface area (Å²) in [6.07, 6.45) is -3.78. The molecule has 0 saturated carbocycles. The SMILES string of the molecule is O=S(=O)(NCC(F)(F)F)c1ccc2c(c1)NCC2. The van der Waals surface area contributed by atoms with Crippen LogP contribution in [0.1, 0.15) is 5.56 Å². The number of hydrogen-bond donors (Lipinski definition) is 2. The van der Waals surface area contributed by atoms with Crippen LogP contribution < -0.4 is 10.0 Å². The van der Waals surface area contributed by atoms with E-state index in [-0.39, 0.29) is 4.90 Å². The highest BCUT2D eigenvalue weighted by Gasteiger charge is 2.30. The molecule has 2 rings (SSSR count). The predicted octanol–water partition coefficient (Wildman–Crippen LogP) is 1.50. The van der Waals surface area contributed by atoms with E-state index in [4.69, 9.17) is 0 Å². The van der Waals surface area contributed by atoms with Crippen LogP contribution >= 0.6 is 0 Å². The average molecular weight is 280 g/mol. The van der Waals surface area contributed by atoms with Crippen molar-refractivity contribution in [2.75, 3.05) is 18.4 Å². The Labute approximate surface area is 102 Å². The van der Waals surface area contributed by atoms with E-state index in [1.54, 1.807) is 6.07 Å². The van der Waals surface area contributed by atoms with Crippen LogP contribution in [0, 0.1) is 0 Å². The Morgan fingerprint density at radius 1 is 1.33 bits per heavy atom. The zero-order chi connectivity index (χ0) is 13.4. The van der Waals surface area contributed by atoms with Gasteiger partial charge in [-0.1, -0.05) is 6.07 Å². The van der Waals surface area contributed by atoms with Crippen LogP contribution in [0.2, 0.25) is 0 Å². The van der Waals surface area contributed by atoms with Gasteiger partial charge in [0.25, 0.3) is 0 Å². The Kier molecular flexibility index (Phi) is 3.24. The van der Waals surface area contributed by atoms with E-state index < -0.39 is 22.7 Å². The molecular weight excluding hydrogens is 269 g/mol. The van der Waals surface area contributed by atoms with E-state index in [0.717, 1.165) is 12.0 Å². The van der Waals surface area contributed by atoms with Gasteiger partial charge < -0.3 is 5.32 Å². The zero-order valence-electron chi connectivity index (χ0n) is 9.21. The molecule has 0 unspecified atom stereocenters. The molecule has 0 radical (unpaired) electrons. The minimum Gasteiger partial charge on any atom is -0.384 e. The lowest BCUT2D eigenvalue weighted by Gasteiger charge is -2.10. The smallest absolute Gasteiger partial charge is 0.384 e. The van der Waals surface area contributed by atoms with Gasteiger partial charge in [0.2, 0.25) is 10.0 Å². The molecule has 0 aliphatic carbocycles. The van der Waals surface area contributed by atoms with Crippen molar-refractivity contribution in [3.05, 3.63) is 23.8 Å². The maximum Gasteiger partial charge on any atom is 0.402 e. The maximum atomic E-state index is 12.0. The number of rotatable bonds is 3. The molecule has 18 heavy (non-hydrogen) atoms. The molecule has 0 spiro atoms. The fourth-order valence-electron chi connectivity index (χ4n) is 1.70. The molecule has 1 aromatic carbocycles. The fourth-order valence-corrected chi connectivity index (χ4v) is 2.74. The molecule has 1 aromatic rings. The van der Waals surface area contributed by atoms with Crippen LogP contribution in [-0.4, -0.2) is 27.7 Å². The van der Waals surface area contributed by atoms with Crippen molar-refractivity contribution in [3.8, 4) is 0 Å². The standard InChI is InChI=1S/C10H11F3N2O2S/c11-10(12,13)6-15-18(16,17)8-2-1-7-3-4-14-9(7)5-8/h1-2,5,14-15H,3-4,6H2. The quantitative estimate of drug-likeness (QED) is 0.882. The Balaban J connectivity index is 2.20. The van der Waals surface area contributed by atoms with Crippen molar-refractivity contribution >= 4 is 15.7 Å². The van der Waals surface area contributed by atoms with E-state index in [0.29, 0.717) is 12.2 Å². The van der Waals surface area contributed by atoms with Gasteiger partial charge in [0.05, 0.1) is 4.90 Å². The molecule has 8 heteroatoms. The van der Waals surface area contributed by atoms with Crippen molar-refractivity contribution < 1.29 is 21.6 Å². The van der Waals surface area contributed by atoms with Gasteiger partial charge in [0, 0.05) is 12.2 Å². The lowest BCUT2D eigenvalue weighted by Crippen LogP contribution is -2.33. The van der Waals surface area contributed by atoms with Crippen LogP contribution in [-0.2, 0) is 16.4 Å². The summed E-state index contributed by atoms with van der Waals surface area (Å²) in [5.74, 6) is 0. The number of benzene rings is 1. The number of anilines is 1. The van der Waals surface area contributed by atoms with E-state index in [9.17, 15) is 21.6 Å². The Hall–Kier alpha value is -1.28. The first-order valence-corrected chi connectivity index (χ1v) is 6.69. The van der Waals surface area contributed by atoms with Gasteiger partial charge >= 0.3 is 6.18 Å². The second-order valence-corrected chi connectivity index (χ2v) is 5.70. The number of fused-ring (bicyclic) bond motifs is 1. The van der Waals surface area contributed by atoms with Crippen LogP contribution in [0.3, 0.4) is 0 Å². The summed E-state index contributed by atoms with van der Waals surface area (Å²) in [6, 6.07) is 4.27. The molecule has 1 aliphatic rings. The first kappa shape index (κ1) is 13.2. The normalized spacial score (nSPS) is 15.3. The first-order chi connectivity index (χ1) is 8.28. The van der Waals surface area contributed by atoms with E-state index in [1.807, 2.05) is 0 Å². The topological polar surface area (TPSA) is 58.2 Å². The molecule has 0 aromatic heterocycles. The monoisotopic (exact) mass is 280 g/mol. The number of nitrogens with one attached hydrogen (secondary N) is 2. The minimum atomic E-state index is -4.57. The third-order valence-corrected chi connectivity index (χ3v) is 3.96. The van der Waals surface area contributed by atoms with Gasteiger partial charge in [0.15, 0.2) is 0 Å². The first-order valence-electron chi connectivity index (χ1n) is 5.21. The third kappa shape index (κ3) is 2.94. The third-order valence-electron chi connectivity index (χ3n) is 2.56. The largest absolute Gasteiger partial charge is 0.402 e. The maximum absolute atomic E-state index is 12.0. The lowest BCUT2D eigenvalue weighted by atomic mass is 10.2. The van der Waals surface area contributed by atoms with Crippen molar-refractivity contribution in [2.45, 2.75) is 17.5 Å². The number of halogens is 3. The summed E-state index contributed by atoms with van der Waals surface area (Å²) >= 11 is 0. The van der Waals surface area contributed by atoms with Gasteiger partial charge in [-0.2, -0.15) is 13.2 Å². The summed E-state index contributed by atoms with van der Waals surface area (Å²) in [4.78, 5) is -0.167. The summed E-state index contributed by atoms with van der Waals surface area (Å²) < 4.78 is 60.8. The number of sulfonamides is 1. The van der Waals surface area contributed by atoms with Crippen LogP contribution in [0.15, 0.2) is 23.1 Å². The van der Waals surface area contributed by atoms with Gasteiger partial charge in [-0.05, 0) is 24.1 Å². The lowest BCUT2D eigenvalue weighted by molar-refractivity contribution is -0.121. The summed E-state index contributed by atoms with van der Waals surface area (Å²) in [6.45, 7) is -0.866. The molecule has 0 fully saturated rings. The highest BCUT2D eigenvalue weighted by Crippen LogP contribution is 2.25. The highest BCUT2D eigenvalue weighted by molar-refractivity contribution is 7.89. The predicted molar refractivity (Wildman–Crippen MR) is 59.9 cm³/mol. The second kappa shape index (κ2) is 4.43. The number of alkyl halides is 3. The van der Waals surface area contributed by atoms with Crippen molar-refractivity contribution in [1.82, 2.24) is 4.72 Å². The van der Waals surface area contributed by atoms with Gasteiger partial charge in [0.1, 0.15) is 6.54 Å². The van der Waals surface area contributed by atoms with E-state index in [2.05, 4.69) is 5.32 Å². The number of hydrogen-bond acceptors (Lipinski definition) is 3. The van der Waals surface area contributed by atoms with Gasteiger partial charge in [-0.15, -0.1) is 0 Å².